The van der Waals surface area contributed by atoms with Crippen LogP contribution in [0.4, 0.5) is 0 Å². The number of quaternary nitrogens is 1. The predicted octanol–water partition coefficient (Wildman–Crippen LogP) is -1.60. The first-order valence-corrected chi connectivity index (χ1v) is 4.15. The van der Waals surface area contributed by atoms with Crippen molar-refractivity contribution in [2.45, 2.75) is 12.8 Å². The normalized spacial score (nSPS) is 21.3. The SMILES string of the molecule is C[N+]1(CCOCl)CCCC1.[I-]. The van der Waals surface area contributed by atoms with Crippen LogP contribution in [0.3, 0.4) is 0 Å². The van der Waals surface area contributed by atoms with Crippen molar-refractivity contribution in [2.24, 2.45) is 0 Å². The van der Waals surface area contributed by atoms with Crippen LogP contribution in [0.15, 0.2) is 0 Å². The van der Waals surface area contributed by atoms with Gasteiger partial charge >= 0.3 is 0 Å². The third-order valence-corrected chi connectivity index (χ3v) is 2.51. The summed E-state index contributed by atoms with van der Waals surface area (Å²) in [6.07, 6.45) is 2.72. The van der Waals surface area contributed by atoms with Crippen molar-refractivity contribution in [3.63, 3.8) is 0 Å². The van der Waals surface area contributed by atoms with Gasteiger partial charge in [-0.2, -0.15) is 0 Å². The Morgan fingerprint density at radius 2 is 1.91 bits per heavy atom. The topological polar surface area (TPSA) is 9.23 Å². The smallest absolute Gasteiger partial charge is 0.117 e. The largest absolute Gasteiger partial charge is 1.00 e. The van der Waals surface area contributed by atoms with Crippen molar-refractivity contribution in [3.05, 3.63) is 0 Å². The molecule has 1 fully saturated rings. The molecule has 0 amide bonds. The average Bonchev–Trinajstić information content (AvgIpc) is 2.33. The maximum absolute atomic E-state index is 5.13. The Bertz CT molecular complexity index is 107. The lowest BCUT2D eigenvalue weighted by atomic mass is 10.4. The van der Waals surface area contributed by atoms with Crippen LogP contribution in [0.1, 0.15) is 12.8 Å². The maximum Gasteiger partial charge on any atom is 0.117 e. The number of nitrogens with zero attached hydrogens (tertiary/aromatic N) is 1. The first-order valence-electron chi connectivity index (χ1n) is 3.84. The van der Waals surface area contributed by atoms with E-state index in [0.717, 1.165) is 11.0 Å². The fourth-order valence-electron chi connectivity index (χ4n) is 1.58. The molecule has 0 aromatic rings. The minimum atomic E-state index is 0. The van der Waals surface area contributed by atoms with Crippen molar-refractivity contribution in [2.75, 3.05) is 33.3 Å². The molecule has 0 bridgehead atoms. The minimum Gasteiger partial charge on any atom is -1.00 e. The van der Waals surface area contributed by atoms with E-state index in [2.05, 4.69) is 11.3 Å². The summed E-state index contributed by atoms with van der Waals surface area (Å²) in [5.41, 5.74) is 0. The van der Waals surface area contributed by atoms with E-state index in [0.29, 0.717) is 6.61 Å². The fourth-order valence-corrected chi connectivity index (χ4v) is 1.65. The van der Waals surface area contributed by atoms with Crippen LogP contribution in [-0.4, -0.2) is 37.8 Å². The van der Waals surface area contributed by atoms with Crippen molar-refractivity contribution in [3.8, 4) is 0 Å². The van der Waals surface area contributed by atoms with E-state index in [1.165, 1.54) is 25.9 Å². The van der Waals surface area contributed by atoms with E-state index in [9.17, 15) is 0 Å². The monoisotopic (exact) mass is 291 g/mol. The molecule has 0 aliphatic carbocycles. The molecule has 1 aliphatic rings. The summed E-state index contributed by atoms with van der Waals surface area (Å²) in [4.78, 5) is 0. The zero-order chi connectivity index (χ0) is 7.45. The van der Waals surface area contributed by atoms with Gasteiger partial charge in [-0.15, -0.1) is 0 Å². The van der Waals surface area contributed by atoms with Crippen LogP contribution < -0.4 is 24.0 Å². The van der Waals surface area contributed by atoms with Gasteiger partial charge in [0.25, 0.3) is 0 Å². The van der Waals surface area contributed by atoms with Crippen LogP contribution in [0.25, 0.3) is 0 Å². The molecule has 0 atom stereocenters. The first-order chi connectivity index (χ1) is 4.77. The third-order valence-electron chi connectivity index (χ3n) is 2.35. The number of hydrogen-bond donors (Lipinski definition) is 0. The molecule has 4 heteroatoms. The van der Waals surface area contributed by atoms with Crippen LogP contribution in [0.5, 0.6) is 0 Å². The second-order valence-corrected chi connectivity index (χ2v) is 3.53. The van der Waals surface area contributed by atoms with Gasteiger partial charge in [0.2, 0.25) is 0 Å². The molecule has 0 N–H and O–H groups in total. The molecule has 11 heavy (non-hydrogen) atoms. The van der Waals surface area contributed by atoms with Crippen LogP contribution in [0.2, 0.25) is 0 Å². The van der Waals surface area contributed by atoms with Gasteiger partial charge in [-0.3, -0.25) is 4.29 Å². The Balaban J connectivity index is 0.000001000. The molecule has 0 radical (unpaired) electrons. The zero-order valence-electron chi connectivity index (χ0n) is 6.85. The van der Waals surface area contributed by atoms with E-state index in [4.69, 9.17) is 11.9 Å². The summed E-state index contributed by atoms with van der Waals surface area (Å²) in [5, 5.41) is 0. The van der Waals surface area contributed by atoms with Crippen LogP contribution in [-0.2, 0) is 4.29 Å². The Hall–Kier alpha value is 0.940. The van der Waals surface area contributed by atoms with E-state index < -0.39 is 0 Å². The highest BCUT2D eigenvalue weighted by Gasteiger charge is 2.25. The van der Waals surface area contributed by atoms with Crippen LogP contribution in [0, 0.1) is 0 Å². The standard InChI is InChI=1S/C7H15ClNO.HI/c1-9(6-7-10-8)4-2-3-5-9;/h2-7H2,1H3;1H/q+1;/p-1. The molecule has 0 saturated carbocycles. The second-order valence-electron chi connectivity index (χ2n) is 3.31. The second kappa shape index (κ2) is 5.56. The van der Waals surface area contributed by atoms with Gasteiger partial charge in [-0.05, 0) is 0 Å². The van der Waals surface area contributed by atoms with E-state index in [1.54, 1.807) is 0 Å². The Morgan fingerprint density at radius 1 is 1.36 bits per heavy atom. The molecular formula is C7H15ClINO. The van der Waals surface area contributed by atoms with Crippen LogP contribution >= 0.6 is 11.9 Å². The summed E-state index contributed by atoms with van der Waals surface area (Å²) in [6.45, 7) is 4.32. The molecule has 0 aromatic carbocycles. The maximum atomic E-state index is 5.13. The number of likely N-dealkylation sites (N-methyl/N-ethyl adjacent to an activating group) is 1. The first kappa shape index (κ1) is 11.9. The average molecular weight is 292 g/mol. The number of rotatable bonds is 3. The van der Waals surface area contributed by atoms with Gasteiger partial charge in [-0.1, -0.05) is 0 Å². The molecule has 68 valence electrons. The lowest BCUT2D eigenvalue weighted by Crippen LogP contribution is -3.00. The van der Waals surface area contributed by atoms with E-state index >= 15 is 0 Å². The summed E-state index contributed by atoms with van der Waals surface area (Å²) in [7, 11) is 2.27. The molecule has 0 unspecified atom stereocenters. The predicted molar refractivity (Wildman–Crippen MR) is 41.8 cm³/mol. The molecular weight excluding hydrogens is 276 g/mol. The highest BCUT2D eigenvalue weighted by Crippen LogP contribution is 2.15. The molecule has 1 aliphatic heterocycles. The van der Waals surface area contributed by atoms with E-state index in [-0.39, 0.29) is 24.0 Å². The summed E-state index contributed by atoms with van der Waals surface area (Å²) in [5.74, 6) is 0. The number of halogens is 2. The summed E-state index contributed by atoms with van der Waals surface area (Å²) in [6, 6.07) is 0. The summed E-state index contributed by atoms with van der Waals surface area (Å²) >= 11 is 5.13. The van der Waals surface area contributed by atoms with Crippen molar-refractivity contribution >= 4 is 11.9 Å². The lowest BCUT2D eigenvalue weighted by Gasteiger charge is -2.28. The number of hydrogen-bond acceptors (Lipinski definition) is 1. The third kappa shape index (κ3) is 3.92. The van der Waals surface area contributed by atoms with Gasteiger partial charge < -0.3 is 28.5 Å². The Kier molecular flexibility index (Phi) is 6.04. The molecule has 1 heterocycles. The highest BCUT2D eigenvalue weighted by molar-refractivity contribution is 6.07. The van der Waals surface area contributed by atoms with Gasteiger partial charge in [0.15, 0.2) is 0 Å². The molecule has 0 spiro atoms. The molecule has 2 nitrogen and oxygen atoms in total. The Labute approximate surface area is 90.6 Å². The zero-order valence-corrected chi connectivity index (χ0v) is 9.77. The van der Waals surface area contributed by atoms with Crippen molar-refractivity contribution in [1.29, 1.82) is 0 Å². The fraction of sp³-hybridized carbons (Fsp3) is 1.00. The molecule has 0 aromatic heterocycles. The van der Waals surface area contributed by atoms with Gasteiger partial charge in [0.1, 0.15) is 13.2 Å². The summed E-state index contributed by atoms with van der Waals surface area (Å²) < 4.78 is 5.67. The lowest BCUT2D eigenvalue weighted by molar-refractivity contribution is -0.897. The van der Waals surface area contributed by atoms with Gasteiger partial charge in [-0.25, -0.2) is 0 Å². The van der Waals surface area contributed by atoms with Crippen molar-refractivity contribution in [1.82, 2.24) is 0 Å². The van der Waals surface area contributed by atoms with E-state index in [1.807, 2.05) is 0 Å². The van der Waals surface area contributed by atoms with Gasteiger partial charge in [0.05, 0.1) is 32.0 Å². The van der Waals surface area contributed by atoms with Crippen molar-refractivity contribution < 1.29 is 32.7 Å². The molecule has 1 rings (SSSR count). The quantitative estimate of drug-likeness (QED) is 0.450. The number of likely N-dealkylation sites (tertiary alicyclic amines) is 1. The van der Waals surface area contributed by atoms with Gasteiger partial charge in [0, 0.05) is 12.8 Å². The minimum absolute atomic E-state index is 0. The molecule has 1 saturated heterocycles. The highest BCUT2D eigenvalue weighted by atomic mass is 127. The Morgan fingerprint density at radius 3 is 2.36 bits per heavy atom.